The van der Waals surface area contributed by atoms with E-state index in [-0.39, 0.29) is 48.7 Å². The van der Waals surface area contributed by atoms with Crippen molar-refractivity contribution in [2.45, 2.75) is 173 Å². The maximum absolute atomic E-state index is 5.05. The molecular formula is C138H121N5. The van der Waals surface area contributed by atoms with Gasteiger partial charge in [-0.2, -0.15) is 0 Å². The molecule has 0 bridgehead atoms. The molecule has 1 heterocycles. The van der Waals surface area contributed by atoms with E-state index in [4.69, 9.17) is 15.0 Å². The molecule has 0 atom stereocenters. The highest BCUT2D eigenvalue weighted by Crippen LogP contribution is 2.63. The predicted molar refractivity (Wildman–Crippen MR) is 607 cm³/mol. The maximum Gasteiger partial charge on any atom is 0.164 e. The van der Waals surface area contributed by atoms with Crippen LogP contribution in [0.15, 0.2) is 406 Å². The minimum atomic E-state index is -0.121. The zero-order valence-electron chi connectivity index (χ0n) is 85.4. The number of rotatable bonds is 9. The zero-order valence-corrected chi connectivity index (χ0v) is 85.4. The van der Waals surface area contributed by atoms with Crippen LogP contribution in [0.4, 0.5) is 34.1 Å². The average molecular weight is 1850 g/mol. The lowest BCUT2D eigenvalue weighted by Gasteiger charge is -2.49. The van der Waals surface area contributed by atoms with E-state index in [2.05, 4.69) is 504 Å². The number of hydrogen-bond donors (Lipinski definition) is 0. The molecule has 5 heteroatoms. The third kappa shape index (κ3) is 13.7. The summed E-state index contributed by atoms with van der Waals surface area (Å²) in [5.41, 5.74) is 36.6. The average Bonchev–Trinajstić information content (AvgIpc) is 0.969. The number of fused-ring (bicyclic) bond motifs is 27. The summed E-state index contributed by atoms with van der Waals surface area (Å²) in [5.74, 6) is 2.02. The second kappa shape index (κ2) is 32.8. The molecule has 0 amide bonds. The third-order valence-corrected chi connectivity index (χ3v) is 36.1. The standard InChI is InChI=1S/C50H47N.C47H41N.C41H33N3/c1-47(2)42-21-15-14-20-38(42)39-26-23-34(30-44(39)49(47,5)6)51(33-17-10-9-11-18-33)35-24-27-41-45(31-35)50(7,8)48(3,4)43-29-28-37-36-19-13-12-16-32(36)22-25-40(37)46(41)43;1-45(2)40-19-13-12-18-36(40)37-24-21-32(28-42(37)45)48(31-15-8-7-9-16-31)33-22-25-39-43(29-33)47(5,6)46(3,4)41-27-26-35-34-17-11-10-14-30(34)20-23-38(35)44(39)41;1-40(2)34-23-20-29(39-43-37(27-14-7-5-8-15-27)42-38(44-39)28-16-9-6-10-17-28)25-33(34)36-32-21-19-26-13-11-12-18-30(26)31(32)22-24-35(36)41(40,3)4/h9-31H,1-8H3;7-29H,1-6H3;5-25H,1-4H3. The van der Waals surface area contributed by atoms with Crippen molar-refractivity contribution in [3.05, 3.63) is 462 Å². The summed E-state index contributed by atoms with van der Waals surface area (Å²) in [4.78, 5) is 19.9. The van der Waals surface area contributed by atoms with Crippen LogP contribution in [0, 0.1) is 0 Å². The Morgan fingerprint density at radius 2 is 0.420 bits per heavy atom. The van der Waals surface area contributed by atoms with Crippen molar-refractivity contribution in [1.82, 2.24) is 15.0 Å². The largest absolute Gasteiger partial charge is 0.310 e. The van der Waals surface area contributed by atoms with Gasteiger partial charge < -0.3 is 9.80 Å². The molecule has 0 fully saturated rings. The molecule has 0 N–H and O–H groups in total. The number of benzene rings is 20. The molecule has 698 valence electrons. The topological polar surface area (TPSA) is 45.2 Å². The highest BCUT2D eigenvalue weighted by atomic mass is 15.1. The number of para-hydroxylation sites is 2. The molecule has 0 unspecified atom stereocenters. The molecule has 5 aliphatic rings. The lowest BCUT2D eigenvalue weighted by atomic mass is 9.55. The molecule has 5 nitrogen and oxygen atoms in total. The van der Waals surface area contributed by atoms with Gasteiger partial charge in [0.1, 0.15) is 0 Å². The Hall–Kier alpha value is -15.4. The van der Waals surface area contributed by atoms with Gasteiger partial charge in [-0.3, -0.25) is 0 Å². The number of aromatic nitrogens is 3. The molecule has 0 saturated heterocycles. The quantitative estimate of drug-likeness (QED) is 0.135. The molecule has 0 aliphatic heterocycles. The van der Waals surface area contributed by atoms with Gasteiger partial charge in [0, 0.05) is 56.2 Å². The van der Waals surface area contributed by atoms with Gasteiger partial charge in [-0.15, -0.1) is 0 Å². The highest BCUT2D eigenvalue weighted by molar-refractivity contribution is 6.17. The summed E-state index contributed by atoms with van der Waals surface area (Å²) in [5, 5.41) is 15.6. The first-order valence-electron chi connectivity index (χ1n) is 51.1. The van der Waals surface area contributed by atoms with Crippen LogP contribution in [0.25, 0.3) is 154 Å². The maximum atomic E-state index is 5.05. The predicted octanol–water partition coefficient (Wildman–Crippen LogP) is 37.4. The van der Waals surface area contributed by atoms with Crippen LogP contribution in [0.5, 0.6) is 0 Å². The van der Waals surface area contributed by atoms with Gasteiger partial charge in [0.25, 0.3) is 0 Å². The summed E-state index contributed by atoms with van der Waals surface area (Å²) < 4.78 is 0. The van der Waals surface area contributed by atoms with Crippen molar-refractivity contribution in [3.8, 4) is 89.8 Å². The van der Waals surface area contributed by atoms with E-state index >= 15 is 0 Å². The van der Waals surface area contributed by atoms with Gasteiger partial charge in [-0.25, -0.2) is 15.0 Å². The minimum Gasteiger partial charge on any atom is -0.310 e. The van der Waals surface area contributed by atoms with E-state index in [1.165, 1.54) is 199 Å². The second-order valence-corrected chi connectivity index (χ2v) is 45.4. The summed E-state index contributed by atoms with van der Waals surface area (Å²) in [6.07, 6.45) is 0. The SMILES string of the molecule is CC1(C)c2ccc(-c3nc(-c4ccccc4)nc(-c4ccccc4)n3)cc2-c2c(ccc3c2ccc2ccccc23)C1(C)C.CC1(C)c2ccccc2-c2ccc(N(c3ccccc3)c3ccc4c(c3)C(C)(C)C(C)(C)c3ccc5c(ccc6ccccc65)c3-4)cc21.CC1(C)c2ccccc2-c2ccc(N(c3ccccc3)c3ccc4c(c3)C(C)(C)C(C)(C)c3ccc5c(ccc6ccccc65)c3-4)cc2C1(C)C. The molecule has 21 aromatic rings. The molecular weight excluding hydrogens is 1730 g/mol. The van der Waals surface area contributed by atoms with Crippen molar-refractivity contribution < 1.29 is 0 Å². The van der Waals surface area contributed by atoms with Gasteiger partial charge in [0.15, 0.2) is 17.5 Å². The van der Waals surface area contributed by atoms with Gasteiger partial charge in [0.05, 0.1) is 0 Å². The smallest absolute Gasteiger partial charge is 0.164 e. The van der Waals surface area contributed by atoms with Crippen molar-refractivity contribution in [1.29, 1.82) is 0 Å². The summed E-state index contributed by atoms with van der Waals surface area (Å²) >= 11 is 0. The van der Waals surface area contributed by atoms with Gasteiger partial charge in [0.2, 0.25) is 0 Å². The summed E-state index contributed by atoms with van der Waals surface area (Å²) in [6.45, 7) is 43.4. The van der Waals surface area contributed by atoms with Gasteiger partial charge in [-0.05, 0) is 298 Å². The summed E-state index contributed by atoms with van der Waals surface area (Å²) in [7, 11) is 0. The van der Waals surface area contributed by atoms with Crippen LogP contribution >= 0.6 is 0 Å². The fourth-order valence-corrected chi connectivity index (χ4v) is 25.1. The monoisotopic (exact) mass is 1850 g/mol. The molecule has 0 saturated carbocycles. The van der Waals surface area contributed by atoms with Crippen molar-refractivity contribution in [2.75, 3.05) is 9.80 Å². The first kappa shape index (κ1) is 90.1. The highest BCUT2D eigenvalue weighted by Gasteiger charge is 2.52. The first-order chi connectivity index (χ1) is 68.7. The number of hydrogen-bond acceptors (Lipinski definition) is 5. The van der Waals surface area contributed by atoms with E-state index in [1.807, 2.05) is 36.4 Å². The van der Waals surface area contributed by atoms with Gasteiger partial charge >= 0.3 is 0 Å². The Morgan fingerprint density at radius 1 is 0.154 bits per heavy atom. The van der Waals surface area contributed by atoms with E-state index < -0.39 is 0 Å². The number of nitrogens with zero attached hydrogens (tertiary/aromatic N) is 5. The Morgan fingerprint density at radius 3 is 0.818 bits per heavy atom. The van der Waals surface area contributed by atoms with Crippen LogP contribution in [0.2, 0.25) is 0 Å². The Balaban J connectivity index is 0.000000116. The molecule has 5 aliphatic carbocycles. The lowest BCUT2D eigenvalue weighted by Crippen LogP contribution is -2.43. The second-order valence-electron chi connectivity index (χ2n) is 45.4. The van der Waals surface area contributed by atoms with E-state index in [1.54, 1.807) is 0 Å². The molecule has 143 heavy (non-hydrogen) atoms. The number of anilines is 6. The fourth-order valence-electron chi connectivity index (χ4n) is 25.1. The lowest BCUT2D eigenvalue weighted by molar-refractivity contribution is 0.299. The minimum absolute atomic E-state index is 0.0320. The van der Waals surface area contributed by atoms with Crippen LogP contribution < -0.4 is 9.80 Å². The molecule has 1 aromatic heterocycles. The third-order valence-electron chi connectivity index (χ3n) is 36.1. The Kier molecular flexibility index (Phi) is 20.7. The molecule has 26 rings (SSSR count). The van der Waals surface area contributed by atoms with E-state index in [0.29, 0.717) is 17.5 Å². The van der Waals surface area contributed by atoms with Crippen LogP contribution in [-0.4, -0.2) is 15.0 Å². The van der Waals surface area contributed by atoms with Crippen LogP contribution in [0.3, 0.4) is 0 Å². The van der Waals surface area contributed by atoms with Crippen LogP contribution in [-0.2, 0) is 48.7 Å². The van der Waals surface area contributed by atoms with Crippen LogP contribution in [0.1, 0.15) is 180 Å². The first-order valence-corrected chi connectivity index (χ1v) is 51.1. The normalized spacial score (nSPS) is 16.1. The molecule has 20 aromatic carbocycles. The summed E-state index contributed by atoms with van der Waals surface area (Å²) in [6, 6.07) is 150. The van der Waals surface area contributed by atoms with E-state index in [9.17, 15) is 0 Å². The molecule has 0 radical (unpaired) electrons. The van der Waals surface area contributed by atoms with Crippen molar-refractivity contribution >= 4 is 98.8 Å². The fraction of sp³-hybridized carbons (Fsp3) is 0.196. The zero-order chi connectivity index (χ0) is 98.6. The Labute approximate surface area is 842 Å². The van der Waals surface area contributed by atoms with Crippen molar-refractivity contribution in [2.24, 2.45) is 0 Å². The Bertz CT molecular complexity index is 8730. The van der Waals surface area contributed by atoms with Crippen molar-refractivity contribution in [3.63, 3.8) is 0 Å². The molecule has 0 spiro atoms. The van der Waals surface area contributed by atoms with E-state index in [0.717, 1.165) is 28.1 Å². The van der Waals surface area contributed by atoms with Gasteiger partial charge in [-0.1, -0.05) is 452 Å².